The van der Waals surface area contributed by atoms with Crippen molar-refractivity contribution in [2.75, 3.05) is 39.9 Å². The summed E-state index contributed by atoms with van der Waals surface area (Å²) >= 11 is 0. The van der Waals surface area contributed by atoms with Crippen LogP contribution in [-0.2, 0) is 4.74 Å². The molecule has 0 bridgehead atoms. The highest BCUT2D eigenvalue weighted by Crippen LogP contribution is 2.33. The van der Waals surface area contributed by atoms with E-state index in [1.165, 1.54) is 38.8 Å². The second-order valence-corrected chi connectivity index (χ2v) is 5.60. The Morgan fingerprint density at radius 2 is 2.12 bits per heavy atom. The molecular formula is C13H26N2O. The SMILES string of the molecule is CNCC1(CN2CCCC2C)CCOCC1. The molecular weight excluding hydrogens is 200 g/mol. The highest BCUT2D eigenvalue weighted by atomic mass is 16.5. The molecule has 94 valence electrons. The third-order valence-electron chi connectivity index (χ3n) is 4.33. The quantitative estimate of drug-likeness (QED) is 0.786. The van der Waals surface area contributed by atoms with Crippen molar-refractivity contribution in [1.82, 2.24) is 10.2 Å². The standard InChI is InChI=1S/C13H26N2O/c1-12-4-3-7-15(12)11-13(10-14-2)5-8-16-9-6-13/h12,14H,3-11H2,1-2H3. The van der Waals surface area contributed by atoms with Crippen molar-refractivity contribution < 1.29 is 4.74 Å². The molecule has 0 aromatic heterocycles. The molecule has 1 atom stereocenters. The fraction of sp³-hybridized carbons (Fsp3) is 1.00. The molecule has 3 nitrogen and oxygen atoms in total. The van der Waals surface area contributed by atoms with E-state index < -0.39 is 0 Å². The van der Waals surface area contributed by atoms with Gasteiger partial charge in [-0.15, -0.1) is 0 Å². The lowest BCUT2D eigenvalue weighted by Crippen LogP contribution is -2.47. The molecule has 16 heavy (non-hydrogen) atoms. The summed E-state index contributed by atoms with van der Waals surface area (Å²) < 4.78 is 5.52. The predicted octanol–water partition coefficient (Wildman–Crippen LogP) is 1.49. The highest BCUT2D eigenvalue weighted by molar-refractivity contribution is 4.89. The van der Waals surface area contributed by atoms with E-state index in [-0.39, 0.29) is 0 Å². The van der Waals surface area contributed by atoms with Crippen molar-refractivity contribution in [2.24, 2.45) is 5.41 Å². The fourth-order valence-electron chi connectivity index (χ4n) is 3.23. The highest BCUT2D eigenvalue weighted by Gasteiger charge is 2.36. The minimum absolute atomic E-state index is 0.464. The Bertz CT molecular complexity index is 208. The second kappa shape index (κ2) is 5.48. The van der Waals surface area contributed by atoms with E-state index in [9.17, 15) is 0 Å². The van der Waals surface area contributed by atoms with Gasteiger partial charge in [-0.1, -0.05) is 0 Å². The molecule has 2 heterocycles. The minimum atomic E-state index is 0.464. The molecule has 1 N–H and O–H groups in total. The van der Waals surface area contributed by atoms with Gasteiger partial charge in [0.05, 0.1) is 0 Å². The summed E-state index contributed by atoms with van der Waals surface area (Å²) in [6.45, 7) is 7.97. The van der Waals surface area contributed by atoms with E-state index in [0.29, 0.717) is 5.41 Å². The Labute approximate surface area is 99.5 Å². The molecule has 1 unspecified atom stereocenters. The number of nitrogens with zero attached hydrogens (tertiary/aromatic N) is 1. The van der Waals surface area contributed by atoms with E-state index in [0.717, 1.165) is 25.8 Å². The van der Waals surface area contributed by atoms with Crippen LogP contribution in [0.1, 0.15) is 32.6 Å². The number of rotatable bonds is 4. The molecule has 3 heteroatoms. The van der Waals surface area contributed by atoms with Gasteiger partial charge in [-0.25, -0.2) is 0 Å². The van der Waals surface area contributed by atoms with Gasteiger partial charge >= 0.3 is 0 Å². The molecule has 0 spiro atoms. The number of likely N-dealkylation sites (tertiary alicyclic amines) is 1. The van der Waals surface area contributed by atoms with Gasteiger partial charge in [-0.2, -0.15) is 0 Å². The molecule has 0 aliphatic carbocycles. The van der Waals surface area contributed by atoms with E-state index >= 15 is 0 Å². The molecule has 2 aliphatic heterocycles. The van der Waals surface area contributed by atoms with Crippen molar-refractivity contribution in [3.05, 3.63) is 0 Å². The van der Waals surface area contributed by atoms with E-state index in [2.05, 4.69) is 24.2 Å². The van der Waals surface area contributed by atoms with Crippen LogP contribution in [0.5, 0.6) is 0 Å². The molecule has 2 saturated heterocycles. The monoisotopic (exact) mass is 226 g/mol. The number of nitrogens with one attached hydrogen (secondary N) is 1. The van der Waals surface area contributed by atoms with Crippen molar-refractivity contribution in [3.63, 3.8) is 0 Å². The lowest BCUT2D eigenvalue weighted by atomic mass is 9.79. The zero-order valence-corrected chi connectivity index (χ0v) is 10.8. The van der Waals surface area contributed by atoms with E-state index in [1.54, 1.807) is 0 Å². The Balaban J connectivity index is 1.95. The van der Waals surface area contributed by atoms with Gasteiger partial charge in [0.1, 0.15) is 0 Å². The smallest absolute Gasteiger partial charge is 0.0472 e. The van der Waals surface area contributed by atoms with Crippen LogP contribution in [0.2, 0.25) is 0 Å². The molecule has 0 amide bonds. The normalized spacial score (nSPS) is 30.8. The summed E-state index contributed by atoms with van der Waals surface area (Å²) in [7, 11) is 2.07. The van der Waals surface area contributed by atoms with Gasteiger partial charge in [0.2, 0.25) is 0 Å². The Morgan fingerprint density at radius 3 is 2.69 bits per heavy atom. The van der Waals surface area contributed by atoms with Crippen molar-refractivity contribution >= 4 is 0 Å². The summed E-state index contributed by atoms with van der Waals surface area (Å²) in [6, 6.07) is 0.788. The first kappa shape index (κ1) is 12.3. The van der Waals surface area contributed by atoms with Crippen LogP contribution in [0, 0.1) is 5.41 Å². The van der Waals surface area contributed by atoms with Gasteiger partial charge in [0, 0.05) is 32.3 Å². The van der Waals surface area contributed by atoms with Gasteiger partial charge in [-0.3, -0.25) is 0 Å². The number of ether oxygens (including phenoxy) is 1. The zero-order chi connectivity index (χ0) is 11.4. The van der Waals surface area contributed by atoms with Crippen LogP contribution < -0.4 is 5.32 Å². The average molecular weight is 226 g/mol. The van der Waals surface area contributed by atoms with Crippen LogP contribution in [0.4, 0.5) is 0 Å². The molecule has 0 aromatic carbocycles. The maximum absolute atomic E-state index is 5.52. The summed E-state index contributed by atoms with van der Waals surface area (Å²) in [5.41, 5.74) is 0.464. The van der Waals surface area contributed by atoms with E-state index in [4.69, 9.17) is 4.74 Å². The van der Waals surface area contributed by atoms with Crippen LogP contribution in [0.3, 0.4) is 0 Å². The Kier molecular flexibility index (Phi) is 4.22. The van der Waals surface area contributed by atoms with Crippen molar-refractivity contribution in [1.29, 1.82) is 0 Å². The molecule has 0 aromatic rings. The van der Waals surface area contributed by atoms with E-state index in [1.807, 2.05) is 0 Å². The third-order valence-corrected chi connectivity index (χ3v) is 4.33. The fourth-order valence-corrected chi connectivity index (χ4v) is 3.23. The minimum Gasteiger partial charge on any atom is -0.381 e. The van der Waals surface area contributed by atoms with Gasteiger partial charge in [0.25, 0.3) is 0 Å². The van der Waals surface area contributed by atoms with Crippen LogP contribution in [0.25, 0.3) is 0 Å². The largest absolute Gasteiger partial charge is 0.381 e. The lowest BCUT2D eigenvalue weighted by molar-refractivity contribution is -0.00459. The topological polar surface area (TPSA) is 24.5 Å². The van der Waals surface area contributed by atoms with Gasteiger partial charge in [0.15, 0.2) is 0 Å². The predicted molar refractivity (Wildman–Crippen MR) is 66.7 cm³/mol. The third kappa shape index (κ3) is 2.76. The first-order chi connectivity index (χ1) is 7.76. The summed E-state index contributed by atoms with van der Waals surface area (Å²) in [4.78, 5) is 2.68. The molecule has 2 aliphatic rings. The first-order valence-electron chi connectivity index (χ1n) is 6.72. The zero-order valence-electron chi connectivity index (χ0n) is 10.8. The second-order valence-electron chi connectivity index (χ2n) is 5.60. The van der Waals surface area contributed by atoms with Crippen LogP contribution in [0.15, 0.2) is 0 Å². The number of hydrogen-bond donors (Lipinski definition) is 1. The van der Waals surface area contributed by atoms with Gasteiger partial charge < -0.3 is 15.0 Å². The van der Waals surface area contributed by atoms with Crippen molar-refractivity contribution in [3.8, 4) is 0 Å². The number of hydrogen-bond acceptors (Lipinski definition) is 3. The Hall–Kier alpha value is -0.120. The Morgan fingerprint density at radius 1 is 1.38 bits per heavy atom. The average Bonchev–Trinajstić information content (AvgIpc) is 2.66. The van der Waals surface area contributed by atoms with Crippen LogP contribution >= 0.6 is 0 Å². The molecule has 2 rings (SSSR count). The van der Waals surface area contributed by atoms with Crippen molar-refractivity contribution in [2.45, 2.75) is 38.6 Å². The summed E-state index contributed by atoms with van der Waals surface area (Å²) in [5, 5.41) is 3.38. The summed E-state index contributed by atoms with van der Waals surface area (Å²) in [6.07, 6.45) is 5.20. The van der Waals surface area contributed by atoms with Crippen LogP contribution in [-0.4, -0.2) is 50.8 Å². The summed E-state index contributed by atoms with van der Waals surface area (Å²) in [5.74, 6) is 0. The van der Waals surface area contributed by atoms with Gasteiger partial charge in [-0.05, 0) is 51.6 Å². The molecule has 0 saturated carbocycles. The maximum atomic E-state index is 5.52. The lowest BCUT2D eigenvalue weighted by Gasteiger charge is -2.41. The molecule has 2 fully saturated rings. The maximum Gasteiger partial charge on any atom is 0.0472 e. The first-order valence-corrected chi connectivity index (χ1v) is 6.72. The molecule has 0 radical (unpaired) electrons.